The van der Waals surface area contributed by atoms with Crippen molar-refractivity contribution in [2.45, 2.75) is 25.2 Å². The second kappa shape index (κ2) is 9.33. The topological polar surface area (TPSA) is 84.5 Å². The molecule has 0 aromatic heterocycles. The molecule has 2 rings (SSSR count). The van der Waals surface area contributed by atoms with Crippen molar-refractivity contribution in [3.8, 4) is 5.75 Å². The lowest BCUT2D eigenvalue weighted by Crippen LogP contribution is -2.28. The molecule has 0 aliphatic heterocycles. The summed E-state index contributed by atoms with van der Waals surface area (Å²) >= 11 is 2.20. The molecular weight excluding hydrogens is 467 g/mol. The number of anilines is 1. The van der Waals surface area contributed by atoms with Gasteiger partial charge in [0, 0.05) is 22.2 Å². The molecule has 1 amide bonds. The van der Waals surface area contributed by atoms with Gasteiger partial charge >= 0.3 is 0 Å². The molecule has 0 atom stereocenters. The first-order valence-corrected chi connectivity index (χ1v) is 10.7. The van der Waals surface area contributed by atoms with E-state index < -0.39 is 10.0 Å². The number of hydrogen-bond donors (Lipinski definition) is 2. The number of rotatable bonds is 8. The Morgan fingerprint density at radius 1 is 1.15 bits per heavy atom. The number of hydrogen-bond acceptors (Lipinski definition) is 4. The number of aryl methyl sites for hydroxylation is 1. The van der Waals surface area contributed by atoms with Crippen LogP contribution >= 0.6 is 22.6 Å². The molecular formula is C18H21IN2O4S. The van der Waals surface area contributed by atoms with Crippen LogP contribution in [0.5, 0.6) is 5.75 Å². The molecule has 0 saturated carbocycles. The lowest BCUT2D eigenvalue weighted by Gasteiger charge is -2.10. The Morgan fingerprint density at radius 3 is 2.46 bits per heavy atom. The van der Waals surface area contributed by atoms with Gasteiger partial charge in [0.05, 0.1) is 11.5 Å². The zero-order valence-electron chi connectivity index (χ0n) is 14.6. The van der Waals surface area contributed by atoms with Gasteiger partial charge in [-0.1, -0.05) is 0 Å². The second-order valence-corrected chi connectivity index (χ2v) is 8.57. The van der Waals surface area contributed by atoms with Gasteiger partial charge < -0.3 is 10.1 Å². The van der Waals surface area contributed by atoms with Crippen molar-refractivity contribution in [3.05, 3.63) is 51.6 Å². The van der Waals surface area contributed by atoms with Crippen molar-refractivity contribution in [2.24, 2.45) is 0 Å². The summed E-state index contributed by atoms with van der Waals surface area (Å²) in [6.45, 7) is 4.30. The van der Waals surface area contributed by atoms with E-state index in [0.29, 0.717) is 12.4 Å². The molecule has 140 valence electrons. The summed E-state index contributed by atoms with van der Waals surface area (Å²) in [5.74, 6) is 0.363. The van der Waals surface area contributed by atoms with E-state index in [2.05, 4.69) is 32.6 Å². The normalized spacial score (nSPS) is 11.2. The van der Waals surface area contributed by atoms with Crippen molar-refractivity contribution in [2.75, 3.05) is 18.5 Å². The number of nitrogens with one attached hydrogen (secondary N) is 2. The van der Waals surface area contributed by atoms with Gasteiger partial charge in [-0.25, -0.2) is 13.1 Å². The average Bonchev–Trinajstić information content (AvgIpc) is 2.58. The second-order valence-electron chi connectivity index (χ2n) is 5.56. The summed E-state index contributed by atoms with van der Waals surface area (Å²) in [7, 11) is -3.66. The minimum atomic E-state index is -3.66. The maximum absolute atomic E-state index is 12.2. The van der Waals surface area contributed by atoms with Crippen LogP contribution in [0.25, 0.3) is 0 Å². The molecule has 0 heterocycles. The highest BCUT2D eigenvalue weighted by Crippen LogP contribution is 2.18. The number of carbonyl (C=O) groups excluding carboxylic acids is 1. The highest BCUT2D eigenvalue weighted by atomic mass is 127. The summed E-state index contributed by atoms with van der Waals surface area (Å²) in [5, 5.41) is 2.79. The van der Waals surface area contributed by atoms with Crippen LogP contribution in [-0.2, 0) is 14.8 Å². The highest BCUT2D eigenvalue weighted by molar-refractivity contribution is 14.1. The standard InChI is InChI=1S/C18H21IN2O4S/c1-3-25-15-5-7-16(8-6-15)26(23,24)20-11-10-18(22)21-17-9-4-14(19)12-13(17)2/h4-9,12,20H,3,10-11H2,1-2H3,(H,21,22). The van der Waals surface area contributed by atoms with Gasteiger partial charge in [-0.3, -0.25) is 4.79 Å². The van der Waals surface area contributed by atoms with Crippen molar-refractivity contribution < 1.29 is 17.9 Å². The van der Waals surface area contributed by atoms with E-state index in [4.69, 9.17) is 4.74 Å². The fourth-order valence-electron chi connectivity index (χ4n) is 2.24. The lowest BCUT2D eigenvalue weighted by molar-refractivity contribution is -0.116. The molecule has 0 bridgehead atoms. The van der Waals surface area contributed by atoms with Crippen molar-refractivity contribution in [3.63, 3.8) is 0 Å². The Balaban J connectivity index is 1.88. The van der Waals surface area contributed by atoms with E-state index >= 15 is 0 Å². The molecule has 0 fully saturated rings. The van der Waals surface area contributed by atoms with Gasteiger partial charge in [0.1, 0.15) is 5.75 Å². The Bertz CT molecular complexity index is 867. The lowest BCUT2D eigenvalue weighted by atomic mass is 10.2. The SMILES string of the molecule is CCOc1ccc(S(=O)(=O)NCCC(=O)Nc2ccc(I)cc2C)cc1. The van der Waals surface area contributed by atoms with Crippen LogP contribution in [0, 0.1) is 10.5 Å². The molecule has 6 nitrogen and oxygen atoms in total. The monoisotopic (exact) mass is 488 g/mol. The number of amides is 1. The van der Waals surface area contributed by atoms with E-state index in [9.17, 15) is 13.2 Å². The van der Waals surface area contributed by atoms with Crippen LogP contribution in [0.15, 0.2) is 47.4 Å². The van der Waals surface area contributed by atoms with Crippen LogP contribution in [0.1, 0.15) is 18.9 Å². The van der Waals surface area contributed by atoms with Crippen LogP contribution in [0.2, 0.25) is 0 Å². The van der Waals surface area contributed by atoms with Crippen molar-refractivity contribution in [1.29, 1.82) is 0 Å². The smallest absolute Gasteiger partial charge is 0.240 e. The number of sulfonamides is 1. The molecule has 2 aromatic rings. The van der Waals surface area contributed by atoms with Crippen LogP contribution < -0.4 is 14.8 Å². The molecule has 0 aliphatic rings. The summed E-state index contributed by atoms with van der Waals surface area (Å²) in [4.78, 5) is 12.2. The maximum Gasteiger partial charge on any atom is 0.240 e. The minimum Gasteiger partial charge on any atom is -0.494 e. The molecule has 2 N–H and O–H groups in total. The van der Waals surface area contributed by atoms with Crippen molar-refractivity contribution >= 4 is 44.2 Å². The highest BCUT2D eigenvalue weighted by Gasteiger charge is 2.14. The summed E-state index contributed by atoms with van der Waals surface area (Å²) in [5.41, 5.74) is 1.69. The molecule has 2 aromatic carbocycles. The van der Waals surface area contributed by atoms with Gasteiger partial charge in [-0.2, -0.15) is 0 Å². The third-order valence-corrected chi connectivity index (χ3v) is 5.70. The average molecular weight is 488 g/mol. The van der Waals surface area contributed by atoms with E-state index in [0.717, 1.165) is 14.8 Å². The summed E-state index contributed by atoms with van der Waals surface area (Å²) in [6.07, 6.45) is 0.0433. The van der Waals surface area contributed by atoms with Crippen LogP contribution in [0.4, 0.5) is 5.69 Å². The minimum absolute atomic E-state index is 0.0186. The Hall–Kier alpha value is -1.65. The molecule has 0 radical (unpaired) electrons. The van der Waals surface area contributed by atoms with Gasteiger partial charge in [0.25, 0.3) is 0 Å². The molecule has 0 spiro atoms. The predicted molar refractivity (Wildman–Crippen MR) is 110 cm³/mol. The summed E-state index contributed by atoms with van der Waals surface area (Å²) in [6, 6.07) is 11.8. The molecule has 0 unspecified atom stereocenters. The van der Waals surface area contributed by atoms with Gasteiger partial charge in [0.2, 0.25) is 15.9 Å². The van der Waals surface area contributed by atoms with Gasteiger partial charge in [-0.15, -0.1) is 0 Å². The number of carbonyl (C=O) groups is 1. The number of ether oxygens (including phenoxy) is 1. The Morgan fingerprint density at radius 2 is 1.85 bits per heavy atom. The first kappa shape index (κ1) is 20.7. The maximum atomic E-state index is 12.2. The predicted octanol–water partition coefficient (Wildman–Crippen LogP) is 3.31. The quantitative estimate of drug-likeness (QED) is 0.559. The van der Waals surface area contributed by atoms with Crippen LogP contribution in [0.3, 0.4) is 0 Å². The first-order chi connectivity index (χ1) is 12.3. The Kier molecular flexibility index (Phi) is 7.42. The Labute approximate surface area is 167 Å². The van der Waals surface area contributed by atoms with Gasteiger partial charge in [0.15, 0.2) is 0 Å². The third kappa shape index (κ3) is 5.96. The third-order valence-electron chi connectivity index (χ3n) is 3.55. The van der Waals surface area contributed by atoms with Crippen molar-refractivity contribution in [1.82, 2.24) is 4.72 Å². The van der Waals surface area contributed by atoms with E-state index in [1.54, 1.807) is 12.1 Å². The number of benzene rings is 2. The summed E-state index contributed by atoms with van der Waals surface area (Å²) < 4.78 is 33.3. The fourth-order valence-corrected chi connectivity index (χ4v) is 3.92. The zero-order chi connectivity index (χ0) is 19.2. The van der Waals surface area contributed by atoms with Crippen LogP contribution in [-0.4, -0.2) is 27.5 Å². The van der Waals surface area contributed by atoms with E-state index in [1.807, 2.05) is 32.0 Å². The molecule has 0 aliphatic carbocycles. The largest absolute Gasteiger partial charge is 0.494 e. The van der Waals surface area contributed by atoms with Gasteiger partial charge in [-0.05, 0) is 84.5 Å². The zero-order valence-corrected chi connectivity index (χ0v) is 17.6. The first-order valence-electron chi connectivity index (χ1n) is 8.10. The molecule has 0 saturated heterocycles. The molecule has 8 heteroatoms. The fraction of sp³-hybridized carbons (Fsp3) is 0.278. The van der Waals surface area contributed by atoms with E-state index in [1.165, 1.54) is 12.1 Å². The number of halogens is 1. The van der Waals surface area contributed by atoms with E-state index in [-0.39, 0.29) is 23.8 Å². The molecule has 26 heavy (non-hydrogen) atoms.